The first kappa shape index (κ1) is 14.4. The van der Waals surface area contributed by atoms with Gasteiger partial charge in [0.25, 0.3) is 5.56 Å². The van der Waals surface area contributed by atoms with Gasteiger partial charge in [0.1, 0.15) is 5.75 Å². The Hall–Kier alpha value is -2.56. The number of ether oxygens (including phenoxy) is 1. The summed E-state index contributed by atoms with van der Waals surface area (Å²) in [5.74, 6) is 0.783. The zero-order chi connectivity index (χ0) is 15.7. The predicted octanol–water partition coefficient (Wildman–Crippen LogP) is 2.96. The minimum absolute atomic E-state index is 0.0960. The van der Waals surface area contributed by atoms with Crippen molar-refractivity contribution in [3.63, 3.8) is 0 Å². The van der Waals surface area contributed by atoms with E-state index in [4.69, 9.17) is 9.72 Å². The molecule has 0 spiro atoms. The van der Waals surface area contributed by atoms with Crippen molar-refractivity contribution in [2.75, 3.05) is 7.11 Å². The molecule has 3 aromatic rings. The van der Waals surface area contributed by atoms with Gasteiger partial charge in [0, 0.05) is 22.9 Å². The highest BCUT2D eigenvalue weighted by Crippen LogP contribution is 2.22. The molecule has 0 amide bonds. The fourth-order valence-electron chi connectivity index (χ4n) is 2.65. The van der Waals surface area contributed by atoms with Crippen molar-refractivity contribution in [3.05, 3.63) is 51.9 Å². The van der Waals surface area contributed by atoms with Crippen LogP contribution in [0.15, 0.2) is 35.1 Å². The van der Waals surface area contributed by atoms with Crippen LogP contribution < -0.4 is 10.3 Å². The first-order valence-corrected chi connectivity index (χ1v) is 7.39. The van der Waals surface area contributed by atoms with Gasteiger partial charge in [-0.2, -0.15) is 0 Å². The van der Waals surface area contributed by atoms with Crippen molar-refractivity contribution in [1.82, 2.24) is 14.6 Å². The molecule has 0 aliphatic rings. The Labute approximate surface area is 128 Å². The molecule has 0 atom stereocenters. The number of fused-ring (bicyclic) bond motifs is 1. The van der Waals surface area contributed by atoms with Crippen molar-refractivity contribution in [2.45, 2.75) is 26.7 Å². The topological polar surface area (TPSA) is 59.4 Å². The van der Waals surface area contributed by atoms with E-state index in [1.54, 1.807) is 13.2 Å². The minimum Gasteiger partial charge on any atom is -0.497 e. The first-order chi connectivity index (χ1) is 10.6. The molecule has 0 aliphatic carbocycles. The number of aryl methyl sites for hydroxylation is 2. The van der Waals surface area contributed by atoms with E-state index in [1.807, 2.05) is 31.2 Å². The molecule has 2 heterocycles. The number of aromatic amines is 1. The monoisotopic (exact) mass is 297 g/mol. The molecule has 22 heavy (non-hydrogen) atoms. The van der Waals surface area contributed by atoms with Gasteiger partial charge in [-0.3, -0.25) is 9.89 Å². The van der Waals surface area contributed by atoms with Gasteiger partial charge in [0.05, 0.1) is 12.8 Å². The van der Waals surface area contributed by atoms with Gasteiger partial charge >= 0.3 is 0 Å². The number of nitrogens with zero attached hydrogens (tertiary/aromatic N) is 2. The Balaban J connectivity index is 2.18. The van der Waals surface area contributed by atoms with Crippen molar-refractivity contribution < 1.29 is 4.74 Å². The first-order valence-electron chi connectivity index (χ1n) is 7.39. The van der Waals surface area contributed by atoms with E-state index in [2.05, 4.69) is 12.0 Å². The number of hydrogen-bond donors (Lipinski definition) is 1. The molecule has 1 aromatic carbocycles. The molecule has 5 heteroatoms. The number of rotatable bonds is 4. The molecule has 1 N–H and O–H groups in total. The lowest BCUT2D eigenvalue weighted by molar-refractivity contribution is 0.415. The fourth-order valence-corrected chi connectivity index (χ4v) is 2.65. The molecule has 114 valence electrons. The summed E-state index contributed by atoms with van der Waals surface area (Å²) in [6.07, 6.45) is 1.91. The van der Waals surface area contributed by atoms with Crippen molar-refractivity contribution in [2.24, 2.45) is 0 Å². The van der Waals surface area contributed by atoms with Gasteiger partial charge in [-0.25, -0.2) is 9.50 Å². The van der Waals surface area contributed by atoms with Crippen LogP contribution in [0.2, 0.25) is 0 Å². The second kappa shape index (κ2) is 5.67. The Kier molecular flexibility index (Phi) is 3.71. The van der Waals surface area contributed by atoms with Crippen LogP contribution in [-0.2, 0) is 6.42 Å². The van der Waals surface area contributed by atoms with Crippen LogP contribution in [-0.4, -0.2) is 21.7 Å². The van der Waals surface area contributed by atoms with Gasteiger partial charge in [0.15, 0.2) is 5.65 Å². The normalized spacial score (nSPS) is 11.0. The van der Waals surface area contributed by atoms with E-state index in [0.29, 0.717) is 5.69 Å². The van der Waals surface area contributed by atoms with Gasteiger partial charge in [-0.05, 0) is 37.6 Å². The highest BCUT2D eigenvalue weighted by molar-refractivity contribution is 5.64. The van der Waals surface area contributed by atoms with Crippen LogP contribution in [0.1, 0.15) is 24.6 Å². The van der Waals surface area contributed by atoms with E-state index >= 15 is 0 Å². The van der Waals surface area contributed by atoms with Crippen molar-refractivity contribution in [1.29, 1.82) is 0 Å². The summed E-state index contributed by atoms with van der Waals surface area (Å²) in [6, 6.07) is 9.12. The predicted molar refractivity (Wildman–Crippen MR) is 86.5 cm³/mol. The molecule has 0 fully saturated rings. The number of nitrogens with one attached hydrogen (secondary N) is 1. The summed E-state index contributed by atoms with van der Waals surface area (Å²) in [5, 5.41) is 3.10. The molecule has 0 saturated heterocycles. The molecule has 0 radical (unpaired) electrons. The number of H-pyrrole nitrogens is 1. The number of methoxy groups -OCH3 is 1. The third-order valence-electron chi connectivity index (χ3n) is 3.81. The standard InChI is InChI=1S/C17H19N3O2/c1-4-5-14-11(2)19-20-16(21)10-15(18-17(14)20)12-6-8-13(22-3)9-7-12/h6-10,19H,4-5H2,1-3H3. The van der Waals surface area contributed by atoms with Crippen LogP contribution in [0.3, 0.4) is 0 Å². The molecule has 0 aliphatic heterocycles. The van der Waals surface area contributed by atoms with Gasteiger partial charge in [-0.15, -0.1) is 0 Å². The second-order valence-electron chi connectivity index (χ2n) is 5.33. The molecule has 3 rings (SSSR count). The highest BCUT2D eigenvalue weighted by Gasteiger charge is 2.13. The zero-order valence-corrected chi connectivity index (χ0v) is 13.0. The zero-order valence-electron chi connectivity index (χ0n) is 13.0. The van der Waals surface area contributed by atoms with Crippen LogP contribution >= 0.6 is 0 Å². The van der Waals surface area contributed by atoms with E-state index < -0.39 is 0 Å². The molecule has 2 aromatic heterocycles. The van der Waals surface area contributed by atoms with Crippen LogP contribution in [0.4, 0.5) is 0 Å². The average Bonchev–Trinajstić information content (AvgIpc) is 2.85. The number of benzene rings is 1. The number of aromatic nitrogens is 3. The Morgan fingerprint density at radius 3 is 2.64 bits per heavy atom. The third-order valence-corrected chi connectivity index (χ3v) is 3.81. The minimum atomic E-state index is -0.0960. The largest absolute Gasteiger partial charge is 0.497 e. The maximum atomic E-state index is 12.3. The molecular formula is C17H19N3O2. The molecular weight excluding hydrogens is 278 g/mol. The second-order valence-corrected chi connectivity index (χ2v) is 5.33. The summed E-state index contributed by atoms with van der Waals surface area (Å²) in [7, 11) is 1.63. The van der Waals surface area contributed by atoms with Gasteiger partial charge in [0.2, 0.25) is 0 Å². The third kappa shape index (κ3) is 2.39. The summed E-state index contributed by atoms with van der Waals surface area (Å²) in [4.78, 5) is 17.0. The number of hydrogen-bond acceptors (Lipinski definition) is 3. The molecule has 0 bridgehead atoms. The van der Waals surface area contributed by atoms with E-state index in [9.17, 15) is 4.79 Å². The van der Waals surface area contributed by atoms with Crippen LogP contribution in [0.25, 0.3) is 16.9 Å². The van der Waals surface area contributed by atoms with Crippen LogP contribution in [0, 0.1) is 6.92 Å². The molecule has 5 nitrogen and oxygen atoms in total. The quantitative estimate of drug-likeness (QED) is 0.805. The Morgan fingerprint density at radius 1 is 1.27 bits per heavy atom. The SMILES string of the molecule is CCCc1c(C)[nH]n2c(=O)cc(-c3ccc(OC)cc3)nc12. The Bertz CT molecular complexity index is 860. The highest BCUT2D eigenvalue weighted by atomic mass is 16.5. The van der Waals surface area contributed by atoms with E-state index in [-0.39, 0.29) is 5.56 Å². The van der Waals surface area contributed by atoms with E-state index in [0.717, 1.165) is 41.1 Å². The van der Waals surface area contributed by atoms with Gasteiger partial charge in [-0.1, -0.05) is 13.3 Å². The lowest BCUT2D eigenvalue weighted by Crippen LogP contribution is -2.14. The fraction of sp³-hybridized carbons (Fsp3) is 0.294. The van der Waals surface area contributed by atoms with Crippen LogP contribution in [0.5, 0.6) is 5.75 Å². The maximum absolute atomic E-state index is 12.3. The summed E-state index contributed by atoms with van der Waals surface area (Å²) < 4.78 is 6.68. The smallest absolute Gasteiger partial charge is 0.273 e. The van der Waals surface area contributed by atoms with Crippen molar-refractivity contribution >= 4 is 5.65 Å². The average molecular weight is 297 g/mol. The summed E-state index contributed by atoms with van der Waals surface area (Å²) in [5.41, 5.74) is 4.32. The van der Waals surface area contributed by atoms with Gasteiger partial charge < -0.3 is 4.74 Å². The Morgan fingerprint density at radius 2 is 2.00 bits per heavy atom. The lowest BCUT2D eigenvalue weighted by Gasteiger charge is -2.04. The van der Waals surface area contributed by atoms with E-state index in [1.165, 1.54) is 4.52 Å². The van der Waals surface area contributed by atoms with Crippen molar-refractivity contribution in [3.8, 4) is 17.0 Å². The lowest BCUT2D eigenvalue weighted by atomic mass is 10.1. The summed E-state index contributed by atoms with van der Waals surface area (Å²) >= 11 is 0. The summed E-state index contributed by atoms with van der Waals surface area (Å²) in [6.45, 7) is 4.10. The molecule has 0 saturated carbocycles. The maximum Gasteiger partial charge on any atom is 0.273 e. The molecule has 0 unspecified atom stereocenters.